The molecule has 0 aliphatic heterocycles. The summed E-state index contributed by atoms with van der Waals surface area (Å²) in [5.74, 6) is -0.397. The zero-order chi connectivity index (χ0) is 23.0. The average Bonchev–Trinajstić information content (AvgIpc) is 3.39. The van der Waals surface area contributed by atoms with Gasteiger partial charge in [0, 0.05) is 47.7 Å². The van der Waals surface area contributed by atoms with Gasteiger partial charge < -0.3 is 9.88 Å². The molecule has 1 saturated carbocycles. The summed E-state index contributed by atoms with van der Waals surface area (Å²) in [5, 5.41) is 7.80. The van der Waals surface area contributed by atoms with Crippen molar-refractivity contribution in [3.05, 3.63) is 73.0 Å². The second-order valence-corrected chi connectivity index (χ2v) is 8.06. The molecule has 3 heterocycles. The molecule has 0 atom stereocenters. The summed E-state index contributed by atoms with van der Waals surface area (Å²) < 4.78 is 41.5. The first-order valence-corrected chi connectivity index (χ1v) is 10.5. The zero-order valence-electron chi connectivity index (χ0n) is 17.5. The molecule has 0 radical (unpaired) electrons. The predicted molar refractivity (Wildman–Crippen MR) is 119 cm³/mol. The molecule has 9 heteroatoms. The molecular formula is C24H20F3N5O. The molecule has 3 aromatic heterocycles. The standard InChI is InChI=1S/C24H20F3N5O/c25-24(26,27)15-31-10-8-16-1-3-19(11-22(16)31)30-23(33)6-2-17-12-28-9-7-21(17)18-13-29-32(14-18)20-4-5-20/h1-3,6-14,20H,4-5,15H2,(H,30,33). The Balaban J connectivity index is 1.33. The summed E-state index contributed by atoms with van der Waals surface area (Å²) in [6.45, 7) is -1.09. The maximum absolute atomic E-state index is 12.8. The van der Waals surface area contributed by atoms with Crippen LogP contribution in [0.4, 0.5) is 18.9 Å². The van der Waals surface area contributed by atoms with Crippen molar-refractivity contribution in [2.45, 2.75) is 31.6 Å². The van der Waals surface area contributed by atoms with E-state index in [0.29, 0.717) is 22.6 Å². The maximum atomic E-state index is 12.8. The van der Waals surface area contributed by atoms with Crippen LogP contribution >= 0.6 is 0 Å². The fraction of sp³-hybridized carbons (Fsp3) is 0.208. The number of amides is 1. The number of benzene rings is 1. The number of anilines is 1. The summed E-state index contributed by atoms with van der Waals surface area (Å²) >= 11 is 0. The van der Waals surface area contributed by atoms with Gasteiger partial charge >= 0.3 is 6.18 Å². The monoisotopic (exact) mass is 451 g/mol. The number of hydrogen-bond donors (Lipinski definition) is 1. The highest BCUT2D eigenvalue weighted by atomic mass is 19.4. The van der Waals surface area contributed by atoms with Crippen LogP contribution in [0.5, 0.6) is 0 Å². The number of rotatable bonds is 6. The normalized spacial score (nSPS) is 14.3. The second-order valence-electron chi connectivity index (χ2n) is 8.06. The third kappa shape index (κ3) is 4.82. The van der Waals surface area contributed by atoms with Crippen molar-refractivity contribution in [2.24, 2.45) is 0 Å². The third-order valence-electron chi connectivity index (χ3n) is 5.49. The van der Waals surface area contributed by atoms with Crippen molar-refractivity contribution in [3.63, 3.8) is 0 Å². The summed E-state index contributed by atoms with van der Waals surface area (Å²) in [7, 11) is 0. The Hall–Kier alpha value is -3.88. The zero-order valence-corrected chi connectivity index (χ0v) is 17.5. The van der Waals surface area contributed by atoms with Gasteiger partial charge in [0.2, 0.25) is 5.91 Å². The topological polar surface area (TPSA) is 64.7 Å². The number of carbonyl (C=O) groups is 1. The molecule has 1 aromatic carbocycles. The van der Waals surface area contributed by atoms with Crippen LogP contribution in [0.1, 0.15) is 24.4 Å². The highest BCUT2D eigenvalue weighted by Gasteiger charge is 2.28. The van der Waals surface area contributed by atoms with Crippen LogP contribution in [0.25, 0.3) is 28.1 Å². The minimum Gasteiger partial charge on any atom is -0.338 e. The lowest BCUT2D eigenvalue weighted by molar-refractivity contribution is -0.139. The highest BCUT2D eigenvalue weighted by molar-refractivity contribution is 6.03. The van der Waals surface area contributed by atoms with Crippen molar-refractivity contribution >= 4 is 28.6 Å². The number of nitrogens with zero attached hydrogens (tertiary/aromatic N) is 4. The van der Waals surface area contributed by atoms with Gasteiger partial charge in [-0.2, -0.15) is 18.3 Å². The van der Waals surface area contributed by atoms with E-state index in [1.165, 1.54) is 18.3 Å². The van der Waals surface area contributed by atoms with E-state index >= 15 is 0 Å². The quantitative estimate of drug-likeness (QED) is 0.397. The Morgan fingerprint density at radius 1 is 1.18 bits per heavy atom. The number of halogens is 3. The smallest absolute Gasteiger partial charge is 0.338 e. The fourth-order valence-corrected chi connectivity index (χ4v) is 3.76. The Kier molecular flexibility index (Phi) is 5.24. The van der Waals surface area contributed by atoms with Gasteiger partial charge in [0.25, 0.3) is 0 Å². The van der Waals surface area contributed by atoms with Crippen LogP contribution in [0.15, 0.2) is 67.4 Å². The van der Waals surface area contributed by atoms with Crippen LogP contribution in [-0.4, -0.2) is 31.4 Å². The maximum Gasteiger partial charge on any atom is 0.406 e. The van der Waals surface area contributed by atoms with Crippen LogP contribution in [0.2, 0.25) is 0 Å². The van der Waals surface area contributed by atoms with Crippen LogP contribution in [0.3, 0.4) is 0 Å². The van der Waals surface area contributed by atoms with Gasteiger partial charge in [-0.25, -0.2) is 0 Å². The molecule has 1 aliphatic carbocycles. The minimum absolute atomic E-state index is 0.397. The largest absolute Gasteiger partial charge is 0.406 e. The van der Waals surface area contributed by atoms with Gasteiger partial charge in [0.15, 0.2) is 0 Å². The van der Waals surface area contributed by atoms with E-state index in [4.69, 9.17) is 0 Å². The van der Waals surface area contributed by atoms with Crippen molar-refractivity contribution in [3.8, 4) is 11.1 Å². The summed E-state index contributed by atoms with van der Waals surface area (Å²) in [4.78, 5) is 16.7. The van der Waals surface area contributed by atoms with E-state index in [-0.39, 0.29) is 0 Å². The Morgan fingerprint density at radius 3 is 2.82 bits per heavy atom. The molecule has 1 amide bonds. The van der Waals surface area contributed by atoms with Crippen molar-refractivity contribution in [1.29, 1.82) is 0 Å². The van der Waals surface area contributed by atoms with Gasteiger partial charge in [-0.1, -0.05) is 6.07 Å². The van der Waals surface area contributed by atoms with Gasteiger partial charge in [0.1, 0.15) is 6.54 Å². The van der Waals surface area contributed by atoms with E-state index in [0.717, 1.165) is 34.1 Å². The molecule has 1 aliphatic rings. The number of fused-ring (bicyclic) bond motifs is 1. The predicted octanol–water partition coefficient (Wildman–Crippen LogP) is 5.45. The van der Waals surface area contributed by atoms with Crippen LogP contribution < -0.4 is 5.32 Å². The van der Waals surface area contributed by atoms with Crippen molar-refractivity contribution in [1.82, 2.24) is 19.3 Å². The summed E-state index contributed by atoms with van der Waals surface area (Å²) in [5.41, 5.74) is 3.43. The lowest BCUT2D eigenvalue weighted by Gasteiger charge is -2.10. The Labute approximate surface area is 187 Å². The molecule has 0 spiro atoms. The summed E-state index contributed by atoms with van der Waals surface area (Å²) in [6.07, 6.45) is 9.53. The SMILES string of the molecule is O=C(C=Cc1cnccc1-c1cnn(C2CC2)c1)Nc1ccc2ccn(CC(F)(F)F)c2c1. The Morgan fingerprint density at radius 2 is 2.03 bits per heavy atom. The van der Waals surface area contributed by atoms with E-state index in [1.807, 2.05) is 16.9 Å². The fourth-order valence-electron chi connectivity index (χ4n) is 3.76. The molecule has 4 aromatic rings. The first-order chi connectivity index (χ1) is 15.9. The van der Waals surface area contributed by atoms with E-state index in [2.05, 4.69) is 15.4 Å². The molecule has 0 bridgehead atoms. The van der Waals surface area contributed by atoms with E-state index in [9.17, 15) is 18.0 Å². The molecule has 1 fully saturated rings. The van der Waals surface area contributed by atoms with Gasteiger partial charge in [-0.05, 0) is 54.1 Å². The lowest BCUT2D eigenvalue weighted by atomic mass is 10.0. The minimum atomic E-state index is -4.33. The van der Waals surface area contributed by atoms with E-state index < -0.39 is 18.6 Å². The second kappa shape index (κ2) is 8.23. The van der Waals surface area contributed by atoms with Crippen molar-refractivity contribution < 1.29 is 18.0 Å². The van der Waals surface area contributed by atoms with Crippen molar-refractivity contribution in [2.75, 3.05) is 5.32 Å². The third-order valence-corrected chi connectivity index (χ3v) is 5.49. The number of alkyl halides is 3. The number of nitrogens with one attached hydrogen (secondary N) is 1. The van der Waals surface area contributed by atoms with Gasteiger partial charge in [-0.3, -0.25) is 14.5 Å². The lowest BCUT2D eigenvalue weighted by Crippen LogP contribution is -2.16. The first kappa shape index (κ1) is 21.0. The van der Waals surface area contributed by atoms with Crippen LogP contribution in [0, 0.1) is 0 Å². The molecule has 0 unspecified atom stereocenters. The molecular weight excluding hydrogens is 431 g/mol. The number of pyridine rings is 1. The molecule has 1 N–H and O–H groups in total. The molecule has 0 saturated heterocycles. The molecule has 5 rings (SSSR count). The molecule has 6 nitrogen and oxygen atoms in total. The first-order valence-electron chi connectivity index (χ1n) is 10.5. The Bertz CT molecular complexity index is 1350. The van der Waals surface area contributed by atoms with Crippen LogP contribution in [-0.2, 0) is 11.3 Å². The van der Waals surface area contributed by atoms with Gasteiger partial charge in [-0.15, -0.1) is 0 Å². The van der Waals surface area contributed by atoms with E-state index in [1.54, 1.807) is 42.9 Å². The highest BCUT2D eigenvalue weighted by Crippen LogP contribution is 2.35. The van der Waals surface area contributed by atoms with Gasteiger partial charge in [0.05, 0.1) is 17.8 Å². The summed E-state index contributed by atoms with van der Waals surface area (Å²) in [6, 6.07) is 8.83. The molecule has 168 valence electrons. The average molecular weight is 451 g/mol. The number of aromatic nitrogens is 4. The number of carbonyl (C=O) groups excluding carboxylic acids is 1. The molecule has 33 heavy (non-hydrogen) atoms. The number of hydrogen-bond acceptors (Lipinski definition) is 3.